The average Bonchev–Trinajstić information content (AvgIpc) is 2.88. The predicted molar refractivity (Wildman–Crippen MR) is 130 cm³/mol. The fraction of sp³-hybridized carbons (Fsp3) is 0.429. The van der Waals surface area contributed by atoms with Crippen molar-refractivity contribution in [1.29, 1.82) is 0 Å². The molecule has 1 aliphatic carbocycles. The van der Waals surface area contributed by atoms with Crippen LogP contribution in [0, 0.1) is 11.7 Å². The Morgan fingerprint density at radius 1 is 1.03 bits per heavy atom. The first-order chi connectivity index (χ1) is 16.5. The van der Waals surface area contributed by atoms with E-state index in [1.54, 1.807) is 29.0 Å². The SMILES string of the molecule is COc1ccc(C2/C=C\CN(C(=O)C3CCCCC3)C(C)C(=O)N2Cc2ccc(F)cc2)cc1. The van der Waals surface area contributed by atoms with Crippen LogP contribution in [0.25, 0.3) is 0 Å². The van der Waals surface area contributed by atoms with Gasteiger partial charge < -0.3 is 14.5 Å². The van der Waals surface area contributed by atoms with Crippen molar-refractivity contribution < 1.29 is 18.7 Å². The van der Waals surface area contributed by atoms with Gasteiger partial charge in [-0.2, -0.15) is 0 Å². The summed E-state index contributed by atoms with van der Waals surface area (Å²) in [5.41, 5.74) is 1.78. The summed E-state index contributed by atoms with van der Waals surface area (Å²) in [5.74, 6) is 0.396. The lowest BCUT2D eigenvalue weighted by Crippen LogP contribution is -2.52. The van der Waals surface area contributed by atoms with Gasteiger partial charge in [-0.05, 0) is 55.2 Å². The maximum atomic E-state index is 13.9. The van der Waals surface area contributed by atoms with Crippen LogP contribution in [0.15, 0.2) is 60.7 Å². The third kappa shape index (κ3) is 5.32. The number of hydrogen-bond acceptors (Lipinski definition) is 3. The van der Waals surface area contributed by atoms with Crippen LogP contribution in [0.5, 0.6) is 5.75 Å². The van der Waals surface area contributed by atoms with Crippen LogP contribution in [0.2, 0.25) is 0 Å². The molecule has 2 aromatic rings. The zero-order valence-electron chi connectivity index (χ0n) is 20.0. The lowest BCUT2D eigenvalue weighted by molar-refractivity contribution is -0.149. The molecule has 1 aliphatic heterocycles. The molecule has 180 valence electrons. The summed E-state index contributed by atoms with van der Waals surface area (Å²) in [6.07, 6.45) is 9.10. The molecular weight excluding hydrogens is 431 g/mol. The van der Waals surface area contributed by atoms with Crippen LogP contribution in [-0.4, -0.2) is 41.3 Å². The van der Waals surface area contributed by atoms with Crippen molar-refractivity contribution in [1.82, 2.24) is 9.80 Å². The fourth-order valence-corrected chi connectivity index (χ4v) is 5.00. The molecule has 5 nitrogen and oxygen atoms in total. The maximum Gasteiger partial charge on any atom is 0.246 e. The normalized spacial score (nSPS) is 22.7. The Morgan fingerprint density at radius 3 is 2.35 bits per heavy atom. The first-order valence-corrected chi connectivity index (χ1v) is 12.1. The number of methoxy groups -OCH3 is 1. The lowest BCUT2D eigenvalue weighted by atomic mass is 9.87. The van der Waals surface area contributed by atoms with Gasteiger partial charge in [0.1, 0.15) is 17.6 Å². The Hall–Kier alpha value is -3.15. The van der Waals surface area contributed by atoms with Gasteiger partial charge >= 0.3 is 0 Å². The molecule has 0 N–H and O–H groups in total. The second-order valence-corrected chi connectivity index (χ2v) is 9.24. The van der Waals surface area contributed by atoms with E-state index in [0.717, 1.165) is 42.6 Å². The summed E-state index contributed by atoms with van der Waals surface area (Å²) >= 11 is 0. The van der Waals surface area contributed by atoms with Crippen LogP contribution < -0.4 is 4.74 Å². The Labute approximate surface area is 201 Å². The highest BCUT2D eigenvalue weighted by molar-refractivity contribution is 5.89. The molecule has 0 bridgehead atoms. The van der Waals surface area contributed by atoms with Crippen molar-refractivity contribution in [3.8, 4) is 5.75 Å². The van der Waals surface area contributed by atoms with Gasteiger partial charge in [-0.1, -0.05) is 55.7 Å². The molecule has 1 fully saturated rings. The molecule has 0 radical (unpaired) electrons. The van der Waals surface area contributed by atoms with E-state index in [1.165, 1.54) is 18.6 Å². The topological polar surface area (TPSA) is 49.9 Å². The molecule has 1 heterocycles. The molecule has 2 aromatic carbocycles. The number of nitrogens with zero attached hydrogens (tertiary/aromatic N) is 2. The first kappa shape index (κ1) is 24.0. The van der Waals surface area contributed by atoms with E-state index < -0.39 is 6.04 Å². The molecular formula is C28H33FN2O3. The second kappa shape index (κ2) is 10.9. The molecule has 4 rings (SSSR count). The van der Waals surface area contributed by atoms with Gasteiger partial charge in [0.2, 0.25) is 11.8 Å². The van der Waals surface area contributed by atoms with Crippen LogP contribution in [-0.2, 0) is 16.1 Å². The Kier molecular flexibility index (Phi) is 7.66. The molecule has 0 saturated heterocycles. The molecule has 1 saturated carbocycles. The van der Waals surface area contributed by atoms with Crippen LogP contribution >= 0.6 is 0 Å². The van der Waals surface area contributed by atoms with Gasteiger partial charge in [0, 0.05) is 19.0 Å². The number of benzene rings is 2. The van der Waals surface area contributed by atoms with E-state index in [1.807, 2.05) is 43.3 Å². The van der Waals surface area contributed by atoms with Crippen molar-refractivity contribution in [2.75, 3.05) is 13.7 Å². The number of rotatable bonds is 5. The van der Waals surface area contributed by atoms with E-state index in [9.17, 15) is 14.0 Å². The summed E-state index contributed by atoms with van der Waals surface area (Å²) in [6, 6.07) is 13.0. The Balaban J connectivity index is 1.66. The number of carbonyl (C=O) groups is 2. The van der Waals surface area contributed by atoms with Crippen LogP contribution in [0.4, 0.5) is 4.39 Å². The van der Waals surface area contributed by atoms with Crippen molar-refractivity contribution in [2.45, 2.75) is 57.7 Å². The highest BCUT2D eigenvalue weighted by Crippen LogP contribution is 2.31. The summed E-state index contributed by atoms with van der Waals surface area (Å²) in [6.45, 7) is 2.56. The van der Waals surface area contributed by atoms with Crippen LogP contribution in [0.1, 0.15) is 56.2 Å². The highest BCUT2D eigenvalue weighted by Gasteiger charge is 2.36. The Bertz CT molecular complexity index is 1010. The quantitative estimate of drug-likeness (QED) is 0.567. The summed E-state index contributed by atoms with van der Waals surface area (Å²) in [5, 5.41) is 0. The van der Waals surface area contributed by atoms with Crippen molar-refractivity contribution in [2.24, 2.45) is 5.92 Å². The van der Waals surface area contributed by atoms with Crippen molar-refractivity contribution in [3.05, 3.63) is 77.6 Å². The van der Waals surface area contributed by atoms with Crippen LogP contribution in [0.3, 0.4) is 0 Å². The number of hydrogen-bond donors (Lipinski definition) is 0. The minimum Gasteiger partial charge on any atom is -0.497 e. The molecule has 34 heavy (non-hydrogen) atoms. The minimum absolute atomic E-state index is 0.000222. The first-order valence-electron chi connectivity index (χ1n) is 12.1. The molecule has 2 amide bonds. The Morgan fingerprint density at radius 2 is 1.71 bits per heavy atom. The van der Waals surface area contributed by atoms with E-state index in [0.29, 0.717) is 13.1 Å². The van der Waals surface area contributed by atoms with E-state index in [-0.39, 0.29) is 29.6 Å². The number of amides is 2. The highest BCUT2D eigenvalue weighted by atomic mass is 19.1. The third-order valence-corrected chi connectivity index (χ3v) is 7.03. The third-order valence-electron chi connectivity index (χ3n) is 7.03. The molecule has 2 atom stereocenters. The zero-order valence-corrected chi connectivity index (χ0v) is 20.0. The number of halogens is 1. The van der Waals surface area contributed by atoms with E-state index in [4.69, 9.17) is 4.74 Å². The number of carbonyl (C=O) groups excluding carboxylic acids is 2. The predicted octanol–water partition coefficient (Wildman–Crippen LogP) is 5.27. The molecule has 0 aromatic heterocycles. The molecule has 6 heteroatoms. The van der Waals surface area contributed by atoms with Gasteiger partial charge in [-0.15, -0.1) is 0 Å². The fourth-order valence-electron chi connectivity index (χ4n) is 5.00. The molecule has 2 aliphatic rings. The number of ether oxygens (including phenoxy) is 1. The zero-order chi connectivity index (χ0) is 24.1. The van der Waals surface area contributed by atoms with E-state index in [2.05, 4.69) is 0 Å². The smallest absolute Gasteiger partial charge is 0.246 e. The van der Waals surface area contributed by atoms with Crippen molar-refractivity contribution in [3.63, 3.8) is 0 Å². The second-order valence-electron chi connectivity index (χ2n) is 9.24. The van der Waals surface area contributed by atoms with Gasteiger partial charge in [0.05, 0.1) is 13.2 Å². The van der Waals surface area contributed by atoms with Gasteiger partial charge in [0.25, 0.3) is 0 Å². The largest absolute Gasteiger partial charge is 0.497 e. The lowest BCUT2D eigenvalue weighted by Gasteiger charge is -2.39. The average molecular weight is 465 g/mol. The molecule has 0 spiro atoms. The van der Waals surface area contributed by atoms with Gasteiger partial charge in [0.15, 0.2) is 0 Å². The standard InChI is InChI=1S/C28H33FN2O3/c1-20-27(32)31(19-21-10-14-24(29)15-11-21)26(22-12-16-25(34-2)17-13-22)9-6-18-30(20)28(33)23-7-4-3-5-8-23/h6,9-17,20,23,26H,3-5,7-8,18-19H2,1-2H3/b9-6-. The minimum atomic E-state index is -0.583. The van der Waals surface area contributed by atoms with Crippen molar-refractivity contribution >= 4 is 11.8 Å². The maximum absolute atomic E-state index is 13.9. The summed E-state index contributed by atoms with van der Waals surface area (Å²) < 4.78 is 18.8. The summed E-state index contributed by atoms with van der Waals surface area (Å²) in [7, 11) is 1.62. The van der Waals surface area contributed by atoms with Gasteiger partial charge in [-0.25, -0.2) is 4.39 Å². The van der Waals surface area contributed by atoms with Gasteiger partial charge in [-0.3, -0.25) is 9.59 Å². The summed E-state index contributed by atoms with van der Waals surface area (Å²) in [4.78, 5) is 30.8. The van der Waals surface area contributed by atoms with E-state index >= 15 is 0 Å². The monoisotopic (exact) mass is 464 g/mol. The molecule has 2 unspecified atom stereocenters.